The van der Waals surface area contributed by atoms with Gasteiger partial charge in [-0.25, -0.2) is 0 Å². The molecule has 0 saturated heterocycles. The second-order valence-electron chi connectivity index (χ2n) is 5.87. The summed E-state index contributed by atoms with van der Waals surface area (Å²) >= 11 is 5.08. The average Bonchev–Trinajstić information content (AvgIpc) is 2.81. The topological polar surface area (TPSA) is 69.9 Å². The van der Waals surface area contributed by atoms with Crippen molar-refractivity contribution in [2.45, 2.75) is 32.6 Å². The van der Waals surface area contributed by atoms with Crippen LogP contribution in [0.4, 0.5) is 5.69 Å². The van der Waals surface area contributed by atoms with E-state index in [0.717, 1.165) is 42.4 Å². The smallest absolute Gasteiger partial charge is 0.230 e. The van der Waals surface area contributed by atoms with Crippen LogP contribution in [0, 0.1) is 10.2 Å². The number of anilines is 1. The standard InChI is InChI=1S/C16H21N3O2S/c1-2-21-9-8-16(6-3-7-16)14(20)17-11-4-5-12-13(10-11)19-15(22)18-12/h4-5,10H,2-3,6-9H2,1H3,(H,17,20)(H2,18,19,22). The molecule has 0 unspecified atom stereocenters. The molecule has 2 aromatic rings. The maximum atomic E-state index is 12.6. The summed E-state index contributed by atoms with van der Waals surface area (Å²) in [4.78, 5) is 18.8. The summed E-state index contributed by atoms with van der Waals surface area (Å²) < 4.78 is 6.01. The number of aromatic nitrogens is 2. The average molecular weight is 319 g/mol. The van der Waals surface area contributed by atoms with Crippen molar-refractivity contribution in [3.05, 3.63) is 23.0 Å². The number of ether oxygens (including phenoxy) is 1. The number of rotatable bonds is 6. The number of benzene rings is 1. The molecule has 5 nitrogen and oxygen atoms in total. The maximum absolute atomic E-state index is 12.6. The van der Waals surface area contributed by atoms with Crippen molar-refractivity contribution in [1.29, 1.82) is 0 Å². The molecular weight excluding hydrogens is 298 g/mol. The Morgan fingerprint density at radius 3 is 2.82 bits per heavy atom. The Balaban J connectivity index is 1.72. The third-order valence-electron chi connectivity index (χ3n) is 4.50. The summed E-state index contributed by atoms with van der Waals surface area (Å²) in [6.07, 6.45) is 3.80. The van der Waals surface area contributed by atoms with Crippen LogP contribution in [0.1, 0.15) is 32.6 Å². The second-order valence-corrected chi connectivity index (χ2v) is 6.28. The zero-order chi connectivity index (χ0) is 15.6. The quantitative estimate of drug-likeness (QED) is 0.561. The van der Waals surface area contributed by atoms with Crippen LogP contribution in [0.3, 0.4) is 0 Å². The van der Waals surface area contributed by atoms with Gasteiger partial charge in [0, 0.05) is 18.9 Å². The fourth-order valence-corrected chi connectivity index (χ4v) is 3.20. The van der Waals surface area contributed by atoms with Gasteiger partial charge in [0.2, 0.25) is 5.91 Å². The predicted octanol–water partition coefficient (Wildman–Crippen LogP) is 3.76. The molecule has 1 aromatic heterocycles. The zero-order valence-electron chi connectivity index (χ0n) is 12.7. The molecular formula is C16H21N3O2S. The number of carbonyl (C=O) groups is 1. The summed E-state index contributed by atoms with van der Waals surface area (Å²) in [6, 6.07) is 5.73. The summed E-state index contributed by atoms with van der Waals surface area (Å²) in [7, 11) is 0. The van der Waals surface area contributed by atoms with Crippen LogP contribution >= 0.6 is 12.2 Å². The van der Waals surface area contributed by atoms with Crippen LogP contribution in [-0.2, 0) is 9.53 Å². The molecule has 6 heteroatoms. The third-order valence-corrected chi connectivity index (χ3v) is 4.70. The molecule has 1 aromatic carbocycles. The monoisotopic (exact) mass is 319 g/mol. The van der Waals surface area contributed by atoms with Crippen molar-refractivity contribution in [2.75, 3.05) is 18.5 Å². The third kappa shape index (κ3) is 2.94. The Kier molecular flexibility index (Phi) is 4.31. The molecule has 0 radical (unpaired) electrons. The fraction of sp³-hybridized carbons (Fsp3) is 0.500. The number of H-pyrrole nitrogens is 2. The summed E-state index contributed by atoms with van der Waals surface area (Å²) in [5.41, 5.74) is 2.39. The molecule has 1 heterocycles. The fourth-order valence-electron chi connectivity index (χ4n) is 2.98. The number of fused-ring (bicyclic) bond motifs is 1. The Morgan fingerprint density at radius 2 is 2.14 bits per heavy atom. The highest BCUT2D eigenvalue weighted by molar-refractivity contribution is 7.71. The van der Waals surface area contributed by atoms with Gasteiger partial charge < -0.3 is 20.0 Å². The second kappa shape index (κ2) is 6.22. The van der Waals surface area contributed by atoms with Gasteiger partial charge in [-0.2, -0.15) is 0 Å². The lowest BCUT2D eigenvalue weighted by atomic mass is 9.66. The van der Waals surface area contributed by atoms with Crippen LogP contribution in [0.25, 0.3) is 11.0 Å². The normalized spacial score (nSPS) is 16.4. The van der Waals surface area contributed by atoms with Crippen LogP contribution < -0.4 is 5.32 Å². The first-order valence-electron chi connectivity index (χ1n) is 7.74. The van der Waals surface area contributed by atoms with Crippen molar-refractivity contribution in [2.24, 2.45) is 5.41 Å². The van der Waals surface area contributed by atoms with Crippen LogP contribution in [0.5, 0.6) is 0 Å². The van der Waals surface area contributed by atoms with Crippen molar-refractivity contribution in [3.63, 3.8) is 0 Å². The highest BCUT2D eigenvalue weighted by Gasteiger charge is 2.43. The van der Waals surface area contributed by atoms with Gasteiger partial charge in [-0.1, -0.05) is 6.42 Å². The molecule has 1 fully saturated rings. The molecule has 1 saturated carbocycles. The highest BCUT2D eigenvalue weighted by atomic mass is 32.1. The summed E-state index contributed by atoms with van der Waals surface area (Å²) in [5.74, 6) is 0.104. The Hall–Kier alpha value is -1.66. The van der Waals surface area contributed by atoms with Gasteiger partial charge in [0.25, 0.3) is 0 Å². The number of nitrogens with one attached hydrogen (secondary N) is 3. The van der Waals surface area contributed by atoms with E-state index in [9.17, 15) is 4.79 Å². The minimum absolute atomic E-state index is 0.104. The number of amides is 1. The van der Waals surface area contributed by atoms with E-state index in [0.29, 0.717) is 18.0 Å². The first-order chi connectivity index (χ1) is 10.6. The largest absolute Gasteiger partial charge is 0.382 e. The number of aromatic amines is 2. The van der Waals surface area contributed by atoms with Crippen LogP contribution in [0.15, 0.2) is 18.2 Å². The van der Waals surface area contributed by atoms with Crippen molar-refractivity contribution in [1.82, 2.24) is 9.97 Å². The lowest BCUT2D eigenvalue weighted by molar-refractivity contribution is -0.132. The van der Waals surface area contributed by atoms with Crippen LogP contribution in [0.2, 0.25) is 0 Å². The number of hydrogen-bond donors (Lipinski definition) is 3. The van der Waals surface area contributed by atoms with Crippen molar-refractivity contribution >= 4 is 34.8 Å². The van der Waals surface area contributed by atoms with Gasteiger partial charge in [0.05, 0.1) is 16.4 Å². The maximum Gasteiger partial charge on any atom is 0.230 e. The van der Waals surface area contributed by atoms with Crippen LogP contribution in [-0.4, -0.2) is 29.1 Å². The predicted molar refractivity (Wildman–Crippen MR) is 89.5 cm³/mol. The molecule has 118 valence electrons. The molecule has 0 bridgehead atoms. The van der Waals surface area contributed by atoms with Gasteiger partial charge in [-0.15, -0.1) is 0 Å². The van der Waals surface area contributed by atoms with Gasteiger partial charge >= 0.3 is 0 Å². The molecule has 3 rings (SSSR count). The lowest BCUT2D eigenvalue weighted by Gasteiger charge is -2.40. The first-order valence-corrected chi connectivity index (χ1v) is 8.15. The van der Waals surface area contributed by atoms with Gasteiger partial charge in [0.15, 0.2) is 4.77 Å². The first kappa shape index (κ1) is 15.2. The summed E-state index contributed by atoms with van der Waals surface area (Å²) in [6.45, 7) is 3.32. The number of carbonyl (C=O) groups excluding carboxylic acids is 1. The van der Waals surface area contributed by atoms with Gasteiger partial charge in [-0.3, -0.25) is 4.79 Å². The van der Waals surface area contributed by atoms with E-state index in [2.05, 4.69) is 15.3 Å². The van der Waals surface area contributed by atoms with E-state index in [1.54, 1.807) is 0 Å². The molecule has 3 N–H and O–H groups in total. The number of hydrogen-bond acceptors (Lipinski definition) is 3. The van der Waals surface area contributed by atoms with E-state index < -0.39 is 0 Å². The van der Waals surface area contributed by atoms with E-state index in [1.807, 2.05) is 25.1 Å². The van der Waals surface area contributed by atoms with E-state index >= 15 is 0 Å². The van der Waals surface area contributed by atoms with Gasteiger partial charge in [-0.05, 0) is 56.6 Å². The zero-order valence-corrected chi connectivity index (χ0v) is 13.5. The van der Waals surface area contributed by atoms with Crippen molar-refractivity contribution < 1.29 is 9.53 Å². The lowest BCUT2D eigenvalue weighted by Crippen LogP contribution is -2.42. The SMILES string of the molecule is CCOCCC1(C(=O)Nc2ccc3[nH]c(=S)[nH]c3c2)CCC1. The molecule has 0 atom stereocenters. The molecule has 1 aliphatic carbocycles. The highest BCUT2D eigenvalue weighted by Crippen LogP contribution is 2.44. The molecule has 0 spiro atoms. The molecule has 1 aliphatic rings. The summed E-state index contributed by atoms with van der Waals surface area (Å²) in [5, 5.41) is 3.05. The molecule has 22 heavy (non-hydrogen) atoms. The Labute approximate surface area is 134 Å². The molecule has 0 aliphatic heterocycles. The van der Waals surface area contributed by atoms with E-state index in [4.69, 9.17) is 17.0 Å². The Morgan fingerprint density at radius 1 is 1.36 bits per heavy atom. The number of imidazole rings is 1. The van der Waals surface area contributed by atoms with Gasteiger partial charge in [0.1, 0.15) is 0 Å². The van der Waals surface area contributed by atoms with E-state index in [-0.39, 0.29) is 11.3 Å². The Bertz CT molecular complexity index is 730. The van der Waals surface area contributed by atoms with Crippen molar-refractivity contribution in [3.8, 4) is 0 Å². The minimum atomic E-state index is -0.255. The minimum Gasteiger partial charge on any atom is -0.382 e. The van der Waals surface area contributed by atoms with E-state index in [1.165, 1.54) is 0 Å². The molecule has 1 amide bonds.